The average molecular weight is 387 g/mol. The van der Waals surface area contributed by atoms with Gasteiger partial charge in [0.25, 0.3) is 5.22 Å². The maximum Gasteiger partial charge on any atom is 0.277 e. The first kappa shape index (κ1) is 18.4. The summed E-state index contributed by atoms with van der Waals surface area (Å²) < 4.78 is 6.61. The fraction of sp³-hybridized carbons (Fsp3) is 0.333. The Bertz CT molecular complexity index is 975. The molecule has 1 atom stereocenters. The van der Waals surface area contributed by atoms with E-state index in [0.29, 0.717) is 16.1 Å². The number of aromatic nitrogens is 3. The molecular weight excluding hydrogens is 368 g/mol. The molecule has 6 nitrogen and oxygen atoms in total. The van der Waals surface area contributed by atoms with Crippen LogP contribution in [0.2, 0.25) is 0 Å². The number of nitriles is 1. The number of aliphatic hydroxyl groups is 1. The molecule has 2 aromatic heterocycles. The molecule has 3 rings (SSSR count). The lowest BCUT2D eigenvalue weighted by Gasteiger charge is -2.11. The van der Waals surface area contributed by atoms with E-state index in [1.54, 1.807) is 6.92 Å². The molecule has 0 spiro atoms. The van der Waals surface area contributed by atoms with Crippen LogP contribution in [-0.2, 0) is 5.41 Å². The highest BCUT2D eigenvalue weighted by Gasteiger charge is 2.24. The van der Waals surface area contributed by atoms with Crippen molar-refractivity contribution in [2.24, 2.45) is 0 Å². The Morgan fingerprint density at radius 3 is 2.65 bits per heavy atom. The van der Waals surface area contributed by atoms with Gasteiger partial charge in [0, 0.05) is 5.41 Å². The van der Waals surface area contributed by atoms with Crippen LogP contribution in [0.5, 0.6) is 0 Å². The number of benzene rings is 1. The molecule has 0 amide bonds. The fourth-order valence-corrected chi connectivity index (χ4v) is 3.88. The first-order valence-corrected chi connectivity index (χ1v) is 9.69. The van der Waals surface area contributed by atoms with Gasteiger partial charge in [-0.05, 0) is 19.1 Å². The number of hydrogen-bond acceptors (Lipinski definition) is 8. The van der Waals surface area contributed by atoms with E-state index < -0.39 is 5.25 Å². The second kappa shape index (κ2) is 7.09. The third kappa shape index (κ3) is 3.74. The summed E-state index contributed by atoms with van der Waals surface area (Å²) in [5.41, 5.74) is 0.730. The highest BCUT2D eigenvalue weighted by molar-refractivity contribution is 7.99. The standard InChI is InChI=1S/C18H18N4O2S2/c1-10(25-17-22-21-16(24-17)18(2,3)4)14(23)11(9-19)15-20-12-7-5-6-8-13(12)26-15/h5-8,10,23H,1-4H3/b14-11-. The molecule has 0 fully saturated rings. The van der Waals surface area contributed by atoms with Crippen LogP contribution in [0.1, 0.15) is 38.6 Å². The topological polar surface area (TPSA) is 95.8 Å². The van der Waals surface area contributed by atoms with Crippen molar-refractivity contribution in [3.8, 4) is 6.07 Å². The molecule has 1 unspecified atom stereocenters. The Morgan fingerprint density at radius 2 is 2.04 bits per heavy atom. The maximum absolute atomic E-state index is 10.6. The molecule has 1 N–H and O–H groups in total. The highest BCUT2D eigenvalue weighted by Crippen LogP contribution is 2.34. The predicted molar refractivity (Wildman–Crippen MR) is 103 cm³/mol. The minimum Gasteiger partial charge on any atom is -0.510 e. The third-order valence-corrected chi connectivity index (χ3v) is 5.58. The molecule has 0 saturated carbocycles. The lowest BCUT2D eigenvalue weighted by Crippen LogP contribution is -2.11. The Labute approximate surface area is 159 Å². The molecular formula is C18H18N4O2S2. The molecule has 0 aliphatic rings. The number of allylic oxidation sites excluding steroid dienone is 1. The molecule has 26 heavy (non-hydrogen) atoms. The van der Waals surface area contributed by atoms with Gasteiger partial charge < -0.3 is 9.52 Å². The second-order valence-corrected chi connectivity index (χ2v) is 9.06. The van der Waals surface area contributed by atoms with Gasteiger partial charge in [0.15, 0.2) is 0 Å². The largest absolute Gasteiger partial charge is 0.510 e. The summed E-state index contributed by atoms with van der Waals surface area (Å²) in [6.07, 6.45) is 0. The number of nitrogens with zero attached hydrogens (tertiary/aromatic N) is 4. The summed E-state index contributed by atoms with van der Waals surface area (Å²) in [5, 5.41) is 28.6. The molecule has 2 heterocycles. The van der Waals surface area contributed by atoms with Gasteiger partial charge in [-0.3, -0.25) is 0 Å². The number of thioether (sulfide) groups is 1. The zero-order chi connectivity index (χ0) is 18.9. The van der Waals surface area contributed by atoms with E-state index in [9.17, 15) is 10.4 Å². The molecule has 0 saturated heterocycles. The summed E-state index contributed by atoms with van der Waals surface area (Å²) >= 11 is 2.59. The lowest BCUT2D eigenvalue weighted by atomic mass is 9.97. The van der Waals surface area contributed by atoms with Crippen LogP contribution in [0, 0.1) is 11.3 Å². The molecule has 0 radical (unpaired) electrons. The van der Waals surface area contributed by atoms with Crippen molar-refractivity contribution in [1.29, 1.82) is 5.26 Å². The van der Waals surface area contributed by atoms with E-state index in [1.165, 1.54) is 23.1 Å². The number of thiazole rings is 1. The van der Waals surface area contributed by atoms with Crippen LogP contribution in [0.15, 0.2) is 39.7 Å². The van der Waals surface area contributed by atoms with Gasteiger partial charge in [-0.15, -0.1) is 21.5 Å². The minimum absolute atomic E-state index is 0.0490. The van der Waals surface area contributed by atoms with Crippen molar-refractivity contribution in [3.63, 3.8) is 0 Å². The first-order chi connectivity index (χ1) is 12.3. The van der Waals surface area contributed by atoms with E-state index in [2.05, 4.69) is 21.3 Å². The third-order valence-electron chi connectivity index (χ3n) is 3.59. The minimum atomic E-state index is -0.426. The van der Waals surface area contributed by atoms with E-state index >= 15 is 0 Å². The van der Waals surface area contributed by atoms with Crippen LogP contribution in [0.25, 0.3) is 15.8 Å². The highest BCUT2D eigenvalue weighted by atomic mass is 32.2. The predicted octanol–water partition coefficient (Wildman–Crippen LogP) is 4.95. The first-order valence-electron chi connectivity index (χ1n) is 7.99. The normalized spacial score (nSPS) is 14.1. The number of aliphatic hydroxyl groups excluding tert-OH is 1. The molecule has 0 aliphatic heterocycles. The number of fused-ring (bicyclic) bond motifs is 1. The Hall–Kier alpha value is -2.37. The zero-order valence-electron chi connectivity index (χ0n) is 14.8. The van der Waals surface area contributed by atoms with Crippen LogP contribution in [0.4, 0.5) is 0 Å². The van der Waals surface area contributed by atoms with Crippen molar-refractivity contribution in [3.05, 3.63) is 40.9 Å². The molecule has 0 bridgehead atoms. The lowest BCUT2D eigenvalue weighted by molar-refractivity contribution is 0.346. The number of para-hydroxylation sites is 1. The van der Waals surface area contributed by atoms with Gasteiger partial charge >= 0.3 is 0 Å². The van der Waals surface area contributed by atoms with Crippen LogP contribution < -0.4 is 0 Å². The van der Waals surface area contributed by atoms with E-state index in [0.717, 1.165) is 10.2 Å². The van der Waals surface area contributed by atoms with Gasteiger partial charge in [0.1, 0.15) is 22.4 Å². The van der Waals surface area contributed by atoms with Crippen molar-refractivity contribution >= 4 is 38.9 Å². The average Bonchev–Trinajstić information content (AvgIpc) is 3.21. The molecule has 1 aromatic carbocycles. The van der Waals surface area contributed by atoms with Gasteiger partial charge in [-0.2, -0.15) is 5.26 Å². The van der Waals surface area contributed by atoms with Crippen molar-refractivity contribution < 1.29 is 9.52 Å². The summed E-state index contributed by atoms with van der Waals surface area (Å²) in [5.74, 6) is 0.481. The summed E-state index contributed by atoms with van der Waals surface area (Å²) in [6, 6.07) is 9.70. The smallest absolute Gasteiger partial charge is 0.277 e. The van der Waals surface area contributed by atoms with Crippen LogP contribution >= 0.6 is 23.1 Å². The Balaban J connectivity index is 1.87. The van der Waals surface area contributed by atoms with Gasteiger partial charge in [-0.1, -0.05) is 44.7 Å². The van der Waals surface area contributed by atoms with Gasteiger partial charge in [0.2, 0.25) is 5.89 Å². The maximum atomic E-state index is 10.6. The van der Waals surface area contributed by atoms with Gasteiger partial charge in [0.05, 0.1) is 15.5 Å². The van der Waals surface area contributed by atoms with E-state index in [4.69, 9.17) is 4.42 Å². The second-order valence-electron chi connectivity index (χ2n) is 6.74. The van der Waals surface area contributed by atoms with Crippen LogP contribution in [-0.4, -0.2) is 25.5 Å². The monoisotopic (exact) mass is 386 g/mol. The molecule has 8 heteroatoms. The fourth-order valence-electron chi connectivity index (χ4n) is 2.16. The van der Waals surface area contributed by atoms with Crippen molar-refractivity contribution in [1.82, 2.24) is 15.2 Å². The van der Waals surface area contributed by atoms with E-state index in [-0.39, 0.29) is 16.7 Å². The van der Waals surface area contributed by atoms with Crippen LogP contribution in [0.3, 0.4) is 0 Å². The number of hydrogen-bond donors (Lipinski definition) is 1. The Morgan fingerprint density at radius 1 is 1.31 bits per heavy atom. The Kier molecular flexibility index (Phi) is 5.03. The zero-order valence-corrected chi connectivity index (χ0v) is 16.5. The molecule has 0 aliphatic carbocycles. The van der Waals surface area contributed by atoms with Crippen molar-refractivity contribution in [2.75, 3.05) is 0 Å². The quantitative estimate of drug-likeness (QED) is 0.385. The van der Waals surface area contributed by atoms with E-state index in [1.807, 2.05) is 45.0 Å². The van der Waals surface area contributed by atoms with Gasteiger partial charge in [-0.25, -0.2) is 4.98 Å². The molecule has 134 valence electrons. The summed E-state index contributed by atoms with van der Waals surface area (Å²) in [6.45, 7) is 7.73. The number of rotatable bonds is 4. The summed E-state index contributed by atoms with van der Waals surface area (Å²) in [7, 11) is 0. The summed E-state index contributed by atoms with van der Waals surface area (Å²) in [4.78, 5) is 4.45. The molecule has 3 aromatic rings. The SMILES string of the molecule is CC(Sc1nnc(C(C)(C)C)o1)/C(O)=C(\C#N)c1nc2ccccc2s1. The van der Waals surface area contributed by atoms with Crippen molar-refractivity contribution in [2.45, 2.75) is 43.6 Å².